The fourth-order valence-corrected chi connectivity index (χ4v) is 1.73. The summed E-state index contributed by atoms with van der Waals surface area (Å²) in [4.78, 5) is 10.9. The highest BCUT2D eigenvalue weighted by atomic mass is 16.6. The highest BCUT2D eigenvalue weighted by molar-refractivity contribution is 4.91. The predicted octanol–water partition coefficient (Wildman–Crippen LogP) is -2.59. The fourth-order valence-electron chi connectivity index (χ4n) is 1.73. The van der Waals surface area contributed by atoms with Gasteiger partial charge in [-0.1, -0.05) is 0 Å². The van der Waals surface area contributed by atoms with E-state index in [0.717, 1.165) is 10.8 Å². The third kappa shape index (κ3) is 2.13. The van der Waals surface area contributed by atoms with Crippen molar-refractivity contribution < 1.29 is 29.7 Å². The second-order valence-corrected chi connectivity index (χ2v) is 3.81. The van der Waals surface area contributed by atoms with Crippen molar-refractivity contribution in [1.29, 1.82) is 0 Å². The smallest absolute Gasteiger partial charge is 0.357 e. The van der Waals surface area contributed by atoms with Crippen LogP contribution >= 0.6 is 0 Å². The highest BCUT2D eigenvalue weighted by Gasteiger charge is 2.44. The molecule has 0 radical (unpaired) electrons. The zero-order chi connectivity index (χ0) is 12.6. The van der Waals surface area contributed by atoms with Crippen molar-refractivity contribution >= 4 is 0 Å². The summed E-state index contributed by atoms with van der Waals surface area (Å²) < 4.78 is 10.7. The van der Waals surface area contributed by atoms with Crippen LogP contribution in [0, 0.1) is 0 Å². The molecule has 0 bridgehead atoms. The summed E-state index contributed by atoms with van der Waals surface area (Å²) in [5, 5.41) is 37.7. The second-order valence-electron chi connectivity index (χ2n) is 3.81. The molecule has 8 heteroatoms. The maximum atomic E-state index is 10.9. The molecule has 96 valence electrons. The van der Waals surface area contributed by atoms with E-state index in [-0.39, 0.29) is 0 Å². The SMILES string of the molecule is O=c1ccn([C@H]2O[C@H](CO)[C@@H](O)[C@H](O)[C@H]2O)o1. The second kappa shape index (κ2) is 4.59. The average Bonchev–Trinajstić information content (AvgIpc) is 2.73. The Hall–Kier alpha value is -1.19. The van der Waals surface area contributed by atoms with Gasteiger partial charge in [0.25, 0.3) is 0 Å². The summed E-state index contributed by atoms with van der Waals surface area (Å²) in [6.07, 6.45) is -5.38. The van der Waals surface area contributed by atoms with E-state index in [1.807, 2.05) is 0 Å². The molecule has 2 rings (SSSR count). The number of aliphatic hydroxyl groups is 4. The molecule has 0 saturated carbocycles. The molecule has 2 heterocycles. The lowest BCUT2D eigenvalue weighted by Crippen LogP contribution is -2.56. The van der Waals surface area contributed by atoms with Gasteiger partial charge in [-0.05, 0) is 0 Å². The minimum atomic E-state index is -1.50. The monoisotopic (exact) mass is 247 g/mol. The molecule has 8 nitrogen and oxygen atoms in total. The van der Waals surface area contributed by atoms with E-state index in [1.165, 1.54) is 6.20 Å². The summed E-state index contributed by atoms with van der Waals surface area (Å²) in [5.41, 5.74) is -0.637. The van der Waals surface area contributed by atoms with Crippen LogP contribution in [-0.4, -0.2) is 56.2 Å². The van der Waals surface area contributed by atoms with Gasteiger partial charge in [-0.15, -0.1) is 0 Å². The number of rotatable bonds is 2. The van der Waals surface area contributed by atoms with E-state index in [4.69, 9.17) is 9.84 Å². The maximum Gasteiger partial charge on any atom is 0.357 e. The van der Waals surface area contributed by atoms with E-state index in [9.17, 15) is 20.1 Å². The molecule has 0 aromatic carbocycles. The third-order valence-electron chi connectivity index (χ3n) is 2.67. The van der Waals surface area contributed by atoms with Gasteiger partial charge in [-0.25, -0.2) is 4.79 Å². The molecule has 5 atom stereocenters. The van der Waals surface area contributed by atoms with Crippen molar-refractivity contribution in [2.75, 3.05) is 6.61 Å². The Morgan fingerprint density at radius 1 is 1.24 bits per heavy atom. The lowest BCUT2D eigenvalue weighted by Gasteiger charge is -2.39. The van der Waals surface area contributed by atoms with Crippen LogP contribution in [0.5, 0.6) is 0 Å². The molecule has 0 amide bonds. The summed E-state index contributed by atoms with van der Waals surface area (Å²) in [6.45, 7) is -0.535. The summed E-state index contributed by atoms with van der Waals surface area (Å²) in [7, 11) is 0. The first kappa shape index (κ1) is 12.3. The molecule has 1 saturated heterocycles. The van der Waals surface area contributed by atoms with Crippen molar-refractivity contribution in [2.45, 2.75) is 30.6 Å². The van der Waals surface area contributed by atoms with E-state index >= 15 is 0 Å². The summed E-state index contributed by atoms with van der Waals surface area (Å²) >= 11 is 0. The molecule has 4 N–H and O–H groups in total. The number of aromatic nitrogens is 1. The van der Waals surface area contributed by atoms with Crippen molar-refractivity contribution in [1.82, 2.24) is 4.74 Å². The van der Waals surface area contributed by atoms with Gasteiger partial charge in [-0.3, -0.25) is 0 Å². The van der Waals surface area contributed by atoms with Gasteiger partial charge < -0.3 is 29.7 Å². The third-order valence-corrected chi connectivity index (χ3v) is 2.67. The Morgan fingerprint density at radius 3 is 2.47 bits per heavy atom. The van der Waals surface area contributed by atoms with Gasteiger partial charge in [0, 0.05) is 12.3 Å². The molecule has 17 heavy (non-hydrogen) atoms. The number of ether oxygens (including phenoxy) is 1. The van der Waals surface area contributed by atoms with Crippen LogP contribution in [0.25, 0.3) is 0 Å². The number of nitrogens with zero attached hydrogens (tertiary/aromatic N) is 1. The number of hydrogen-bond acceptors (Lipinski definition) is 7. The molecule has 1 aromatic heterocycles. The maximum absolute atomic E-state index is 10.9. The van der Waals surface area contributed by atoms with Crippen LogP contribution in [0.3, 0.4) is 0 Å². The van der Waals surface area contributed by atoms with Gasteiger partial charge in [0.1, 0.15) is 24.4 Å². The van der Waals surface area contributed by atoms with Crippen LogP contribution in [-0.2, 0) is 4.74 Å². The van der Waals surface area contributed by atoms with E-state index in [1.54, 1.807) is 0 Å². The molecule has 1 aliphatic rings. The molecule has 1 fully saturated rings. The van der Waals surface area contributed by atoms with Gasteiger partial charge >= 0.3 is 5.63 Å². The van der Waals surface area contributed by atoms with Crippen molar-refractivity contribution in [3.8, 4) is 0 Å². The zero-order valence-corrected chi connectivity index (χ0v) is 8.71. The quantitative estimate of drug-likeness (QED) is 0.452. The standard InChI is InChI=1S/C9H13NO7/c11-3-4-6(13)7(14)8(15)9(16-4)10-2-1-5(12)17-10/h1-2,4,6-9,11,13-15H,3H2/t4-,6-,7+,8-,9+/m1/s1. The molecular weight excluding hydrogens is 234 g/mol. The van der Waals surface area contributed by atoms with Gasteiger partial charge in [0.2, 0.25) is 0 Å². The molecule has 1 aromatic rings. The van der Waals surface area contributed by atoms with E-state index < -0.39 is 42.9 Å². The molecule has 0 unspecified atom stereocenters. The molecule has 0 aliphatic carbocycles. The van der Waals surface area contributed by atoms with Crippen molar-refractivity contribution in [3.63, 3.8) is 0 Å². The predicted molar refractivity (Wildman–Crippen MR) is 52.0 cm³/mol. The van der Waals surface area contributed by atoms with Crippen LogP contribution in [0.15, 0.2) is 21.6 Å². The number of hydrogen-bond donors (Lipinski definition) is 4. The first-order valence-electron chi connectivity index (χ1n) is 5.03. The Kier molecular flexibility index (Phi) is 3.31. The lowest BCUT2D eigenvalue weighted by atomic mass is 9.98. The summed E-state index contributed by atoms with van der Waals surface area (Å²) in [6, 6.07) is 1.11. The normalized spacial score (nSPS) is 38.2. The van der Waals surface area contributed by atoms with Crippen LogP contribution in [0.4, 0.5) is 0 Å². The Labute approximate surface area is 95.2 Å². The largest absolute Gasteiger partial charge is 0.394 e. The van der Waals surface area contributed by atoms with Gasteiger partial charge in [0.15, 0.2) is 6.23 Å². The lowest BCUT2D eigenvalue weighted by molar-refractivity contribution is -0.264. The van der Waals surface area contributed by atoms with E-state index in [2.05, 4.69) is 4.52 Å². The first-order chi connectivity index (χ1) is 8.04. The Bertz CT molecular complexity index is 425. The van der Waals surface area contributed by atoms with Crippen LogP contribution in [0.1, 0.15) is 6.23 Å². The van der Waals surface area contributed by atoms with Crippen LogP contribution < -0.4 is 5.63 Å². The fraction of sp³-hybridized carbons (Fsp3) is 0.667. The van der Waals surface area contributed by atoms with Crippen molar-refractivity contribution in [2.24, 2.45) is 0 Å². The number of aliphatic hydroxyl groups excluding tert-OH is 4. The zero-order valence-electron chi connectivity index (χ0n) is 8.71. The first-order valence-corrected chi connectivity index (χ1v) is 5.03. The minimum Gasteiger partial charge on any atom is -0.394 e. The molecular formula is C9H13NO7. The highest BCUT2D eigenvalue weighted by Crippen LogP contribution is 2.27. The van der Waals surface area contributed by atoms with Crippen LogP contribution in [0.2, 0.25) is 0 Å². The minimum absolute atomic E-state index is 0.535. The van der Waals surface area contributed by atoms with E-state index in [0.29, 0.717) is 0 Å². The Balaban J connectivity index is 2.25. The summed E-state index contributed by atoms with van der Waals surface area (Å²) in [5.74, 6) is 0. The van der Waals surface area contributed by atoms with Gasteiger partial charge in [-0.2, -0.15) is 4.74 Å². The average molecular weight is 247 g/mol. The van der Waals surface area contributed by atoms with Crippen molar-refractivity contribution in [3.05, 3.63) is 22.7 Å². The van der Waals surface area contributed by atoms with Gasteiger partial charge in [0.05, 0.1) is 6.61 Å². The topological polar surface area (TPSA) is 125 Å². The molecule has 0 spiro atoms. The Morgan fingerprint density at radius 2 is 1.94 bits per heavy atom. The molecule has 1 aliphatic heterocycles.